The molecule has 0 aliphatic rings. The van der Waals surface area contributed by atoms with Crippen LogP contribution in [0.15, 0.2) is 17.1 Å². The van der Waals surface area contributed by atoms with Crippen LogP contribution in [0.2, 0.25) is 0 Å². The topological polar surface area (TPSA) is 71.8 Å². The van der Waals surface area contributed by atoms with Gasteiger partial charge in [-0.05, 0) is 6.07 Å². The van der Waals surface area contributed by atoms with Crippen LogP contribution in [0.4, 0.5) is 5.82 Å². The number of aromatic nitrogens is 2. The lowest BCUT2D eigenvalue weighted by atomic mass is 10.9. The van der Waals surface area contributed by atoms with E-state index in [1.165, 1.54) is 12.3 Å². The maximum Gasteiger partial charge on any atom is 0.346 e. The largest absolute Gasteiger partial charge is 0.385 e. The van der Waals surface area contributed by atoms with Crippen LogP contribution in [0.5, 0.6) is 0 Å². The summed E-state index contributed by atoms with van der Waals surface area (Å²) < 4.78 is 0. The molecule has 3 N–H and O–H groups in total. The second-order valence-electron chi connectivity index (χ2n) is 1.33. The highest BCUT2D eigenvalue weighted by Crippen LogP contribution is 1.82. The molecule has 4 nitrogen and oxygen atoms in total. The maximum atomic E-state index is 10.2. The number of nitrogen functional groups attached to an aromatic ring is 1. The number of hydrogen-bond donors (Lipinski definition) is 2. The summed E-state index contributed by atoms with van der Waals surface area (Å²) in [7, 11) is 0. The number of nitrogens with zero attached hydrogens (tertiary/aromatic N) is 1. The Labute approximate surface area is 45.4 Å². The molecule has 1 rings (SSSR count). The molecule has 0 atom stereocenters. The molecule has 0 amide bonds. The van der Waals surface area contributed by atoms with Crippen LogP contribution < -0.4 is 11.4 Å². The molecule has 0 spiro atoms. The Hall–Kier alpha value is -1.32. The van der Waals surface area contributed by atoms with E-state index < -0.39 is 5.69 Å². The predicted molar refractivity (Wildman–Crippen MR) is 29.3 cm³/mol. The van der Waals surface area contributed by atoms with Gasteiger partial charge in [-0.3, -0.25) is 4.98 Å². The summed E-state index contributed by atoms with van der Waals surface area (Å²) >= 11 is 0. The Kier molecular flexibility index (Phi) is 0.997. The van der Waals surface area contributed by atoms with E-state index in [-0.39, 0.29) is 0 Å². The van der Waals surface area contributed by atoms with E-state index in [1.807, 2.05) is 0 Å². The summed E-state index contributed by atoms with van der Waals surface area (Å²) in [5, 5.41) is 0. The van der Waals surface area contributed by atoms with Crippen molar-refractivity contribution in [2.24, 2.45) is 0 Å². The summed E-state index contributed by atoms with van der Waals surface area (Å²) in [5.74, 6) is 0.338. The molecule has 1 aromatic heterocycles. The lowest BCUT2D eigenvalue weighted by Crippen LogP contribution is -2.10. The molecule has 0 aliphatic carbocycles. The van der Waals surface area contributed by atoms with Gasteiger partial charge >= 0.3 is 5.69 Å². The number of hydrogen-bond acceptors (Lipinski definition) is 3. The quantitative estimate of drug-likeness (QED) is 0.470. The van der Waals surface area contributed by atoms with Gasteiger partial charge in [0.15, 0.2) is 0 Å². The fourth-order valence-electron chi connectivity index (χ4n) is 0.383. The van der Waals surface area contributed by atoms with E-state index in [1.54, 1.807) is 0 Å². The van der Waals surface area contributed by atoms with Crippen LogP contribution in [0.25, 0.3) is 0 Å². The van der Waals surface area contributed by atoms with Gasteiger partial charge in [-0.2, -0.15) is 0 Å². The Morgan fingerprint density at radius 1 is 1.75 bits per heavy atom. The van der Waals surface area contributed by atoms with Crippen molar-refractivity contribution in [3.63, 3.8) is 0 Å². The van der Waals surface area contributed by atoms with Crippen LogP contribution in [-0.2, 0) is 0 Å². The molecule has 1 heterocycles. The van der Waals surface area contributed by atoms with Gasteiger partial charge in [-0.1, -0.05) is 0 Å². The molecule has 0 unspecified atom stereocenters. The normalized spacial score (nSPS) is 9.00. The zero-order valence-corrected chi connectivity index (χ0v) is 4.09. The van der Waals surface area contributed by atoms with Gasteiger partial charge in [0.2, 0.25) is 0 Å². The van der Waals surface area contributed by atoms with E-state index in [0.717, 1.165) is 0 Å². The van der Waals surface area contributed by atoms with E-state index in [9.17, 15) is 4.79 Å². The first-order valence-corrected chi connectivity index (χ1v) is 2.10. The van der Waals surface area contributed by atoms with Crippen molar-refractivity contribution >= 4 is 5.82 Å². The number of nitrogens with one attached hydrogen (secondary N) is 1. The van der Waals surface area contributed by atoms with Crippen molar-refractivity contribution in [1.82, 2.24) is 9.97 Å². The standard InChI is InChI=1S/C4H5N3O/c5-3-1-2-6-4(8)7-3/h1-2H,(H3,5,6,7,8)/i3+1,6+1,7+1. The van der Waals surface area contributed by atoms with Gasteiger partial charge in [-0.15, -0.1) is 0 Å². The minimum atomic E-state index is -0.412. The third-order valence-corrected chi connectivity index (χ3v) is 0.697. The second kappa shape index (κ2) is 1.65. The highest BCUT2D eigenvalue weighted by molar-refractivity contribution is 5.22. The summed E-state index contributed by atoms with van der Waals surface area (Å²) in [6.07, 6.45) is 1.36. The monoisotopic (exact) mass is 114 g/mol. The highest BCUT2D eigenvalue weighted by Gasteiger charge is 1.80. The van der Waals surface area contributed by atoms with Crippen LogP contribution in [0.3, 0.4) is 0 Å². The number of H-pyrrole nitrogens is 1. The fourth-order valence-corrected chi connectivity index (χ4v) is 0.383. The first-order valence-electron chi connectivity index (χ1n) is 2.10. The van der Waals surface area contributed by atoms with Gasteiger partial charge in [0.1, 0.15) is 5.82 Å². The molecule has 0 aromatic carbocycles. The Balaban J connectivity index is 3.28. The van der Waals surface area contributed by atoms with Crippen molar-refractivity contribution in [2.75, 3.05) is 5.73 Å². The Morgan fingerprint density at radius 3 is 2.88 bits per heavy atom. The summed E-state index contributed by atoms with van der Waals surface area (Å²) in [5.41, 5.74) is 4.75. The van der Waals surface area contributed by atoms with Crippen molar-refractivity contribution in [2.45, 2.75) is 0 Å². The zero-order chi connectivity index (χ0) is 5.98. The highest BCUT2D eigenvalue weighted by atomic mass is 16.2. The van der Waals surface area contributed by atoms with E-state index in [2.05, 4.69) is 9.97 Å². The summed E-state index contributed by atoms with van der Waals surface area (Å²) in [6, 6.07) is 1.52. The molecule has 0 saturated heterocycles. The average molecular weight is 114 g/mol. The first kappa shape index (κ1) is 4.83. The molecule has 4 heteroatoms. The number of aromatic amines is 1. The molecule has 0 aliphatic heterocycles. The predicted octanol–water partition coefficient (Wildman–Crippen LogP) is -0.648. The molecule has 0 fully saturated rings. The summed E-state index contributed by atoms with van der Waals surface area (Å²) in [6.45, 7) is 0. The lowest BCUT2D eigenvalue weighted by molar-refractivity contribution is 1.08. The molecule has 0 bridgehead atoms. The molecule has 0 saturated carbocycles. The molecular formula is C4H5N3O. The van der Waals surface area contributed by atoms with Gasteiger partial charge < -0.3 is 5.73 Å². The number of anilines is 1. The molecule has 1 aromatic rings. The zero-order valence-electron chi connectivity index (χ0n) is 4.09. The van der Waals surface area contributed by atoms with Crippen molar-refractivity contribution < 1.29 is 0 Å². The lowest BCUT2D eigenvalue weighted by Gasteiger charge is -1.84. The van der Waals surface area contributed by atoms with Crippen molar-refractivity contribution in [3.05, 3.63) is 22.7 Å². The molecular weight excluding hydrogens is 109 g/mol. The maximum absolute atomic E-state index is 10.2. The van der Waals surface area contributed by atoms with Crippen molar-refractivity contribution in [1.29, 1.82) is 0 Å². The fraction of sp³-hybridized carbons (Fsp3) is 0. The van der Waals surface area contributed by atoms with Crippen molar-refractivity contribution in [3.8, 4) is 0 Å². The van der Waals surface area contributed by atoms with Gasteiger partial charge in [0.25, 0.3) is 0 Å². The number of rotatable bonds is 0. The molecule has 0 radical (unpaired) electrons. The van der Waals surface area contributed by atoms with Crippen LogP contribution in [0.1, 0.15) is 0 Å². The van der Waals surface area contributed by atoms with E-state index in [0.29, 0.717) is 5.82 Å². The summed E-state index contributed by atoms with van der Waals surface area (Å²) in [4.78, 5) is 15.9. The second-order valence-corrected chi connectivity index (χ2v) is 1.33. The molecule has 42 valence electrons. The smallest absolute Gasteiger partial charge is 0.346 e. The van der Waals surface area contributed by atoms with E-state index >= 15 is 0 Å². The SMILES string of the molecule is N[13c]1cc[15n]c(=O)[15nH]1. The van der Waals surface area contributed by atoms with Gasteiger partial charge in [0.05, 0.1) is 0 Å². The minimum Gasteiger partial charge on any atom is -0.385 e. The Bertz CT molecular complexity index is 229. The molecule has 8 heavy (non-hydrogen) atoms. The van der Waals surface area contributed by atoms with E-state index in [4.69, 9.17) is 5.73 Å². The Morgan fingerprint density at radius 2 is 2.50 bits per heavy atom. The van der Waals surface area contributed by atoms with Crippen LogP contribution in [0, 0.1) is 0 Å². The van der Waals surface area contributed by atoms with Gasteiger partial charge in [-0.25, -0.2) is 9.78 Å². The van der Waals surface area contributed by atoms with Gasteiger partial charge in [0, 0.05) is 6.20 Å². The third kappa shape index (κ3) is 0.841. The van der Waals surface area contributed by atoms with Crippen LogP contribution >= 0.6 is 0 Å². The average Bonchev–Trinajstić information content (AvgIpc) is 1.64. The minimum absolute atomic E-state index is 0.338. The third-order valence-electron chi connectivity index (χ3n) is 0.697. The number of nitrogens with two attached hydrogens (primary N) is 1. The van der Waals surface area contributed by atoms with Crippen LogP contribution in [-0.4, -0.2) is 9.97 Å². The first-order chi connectivity index (χ1) is 3.79.